The first-order valence-corrected chi connectivity index (χ1v) is 7.28. The van der Waals surface area contributed by atoms with Gasteiger partial charge in [-0.25, -0.2) is 0 Å². The van der Waals surface area contributed by atoms with Gasteiger partial charge < -0.3 is 10.4 Å². The molecule has 2 N–H and O–H groups in total. The molecule has 1 amide bonds. The van der Waals surface area contributed by atoms with Crippen molar-refractivity contribution in [3.63, 3.8) is 0 Å². The van der Waals surface area contributed by atoms with Crippen molar-refractivity contribution in [1.29, 1.82) is 0 Å². The average molecular weight is 345 g/mol. The van der Waals surface area contributed by atoms with Crippen molar-refractivity contribution < 1.29 is 9.90 Å². The molecule has 2 rings (SSSR count). The zero-order chi connectivity index (χ0) is 15.4. The van der Waals surface area contributed by atoms with Gasteiger partial charge in [0.15, 0.2) is 0 Å². The molecule has 0 radical (unpaired) electrons. The van der Waals surface area contributed by atoms with E-state index in [1.807, 2.05) is 0 Å². The van der Waals surface area contributed by atoms with Gasteiger partial charge in [0.25, 0.3) is 5.91 Å². The van der Waals surface area contributed by atoms with Gasteiger partial charge in [0.1, 0.15) is 0 Å². The Balaban J connectivity index is 2.02. The van der Waals surface area contributed by atoms with Gasteiger partial charge in [-0.2, -0.15) is 0 Å². The molecular weight excluding hydrogens is 333 g/mol. The van der Waals surface area contributed by atoms with Crippen LogP contribution in [-0.4, -0.2) is 17.6 Å². The predicted octanol–water partition coefficient (Wildman–Crippen LogP) is 4.11. The second-order valence-electron chi connectivity index (χ2n) is 4.37. The summed E-state index contributed by atoms with van der Waals surface area (Å²) in [5.74, 6) is -0.357. The second kappa shape index (κ2) is 7.14. The first-order chi connectivity index (χ1) is 9.99. The molecule has 0 aliphatic rings. The lowest BCUT2D eigenvalue weighted by Crippen LogP contribution is -2.28. The van der Waals surface area contributed by atoms with Crippen LogP contribution in [-0.2, 0) is 0 Å². The van der Waals surface area contributed by atoms with Gasteiger partial charge >= 0.3 is 0 Å². The van der Waals surface area contributed by atoms with Gasteiger partial charge in [-0.1, -0.05) is 53.0 Å². The fourth-order valence-electron chi connectivity index (χ4n) is 1.81. The molecule has 0 bridgehead atoms. The highest BCUT2D eigenvalue weighted by molar-refractivity contribution is 6.35. The Bertz CT molecular complexity index is 661. The van der Waals surface area contributed by atoms with E-state index in [0.717, 1.165) is 0 Å². The molecule has 0 fully saturated rings. The van der Waals surface area contributed by atoms with Gasteiger partial charge in [-0.15, -0.1) is 0 Å². The van der Waals surface area contributed by atoms with Crippen molar-refractivity contribution in [2.24, 2.45) is 0 Å². The van der Waals surface area contributed by atoms with Crippen LogP contribution < -0.4 is 5.32 Å². The van der Waals surface area contributed by atoms with E-state index >= 15 is 0 Å². The summed E-state index contributed by atoms with van der Waals surface area (Å²) >= 11 is 17.7. The Morgan fingerprint density at radius 1 is 1.10 bits per heavy atom. The number of aliphatic hydroxyl groups is 1. The van der Waals surface area contributed by atoms with E-state index in [2.05, 4.69) is 5.32 Å². The molecule has 0 saturated carbocycles. The van der Waals surface area contributed by atoms with E-state index in [4.69, 9.17) is 34.8 Å². The Kier molecular flexibility index (Phi) is 5.48. The van der Waals surface area contributed by atoms with E-state index in [0.29, 0.717) is 26.2 Å². The Labute approximate surface area is 137 Å². The van der Waals surface area contributed by atoms with Crippen LogP contribution in [0.4, 0.5) is 0 Å². The molecule has 21 heavy (non-hydrogen) atoms. The summed E-state index contributed by atoms with van der Waals surface area (Å²) in [6.07, 6.45) is -0.929. The number of rotatable bonds is 4. The van der Waals surface area contributed by atoms with Crippen molar-refractivity contribution in [2.75, 3.05) is 6.54 Å². The van der Waals surface area contributed by atoms with E-state index in [1.165, 1.54) is 6.07 Å². The van der Waals surface area contributed by atoms with Crippen molar-refractivity contribution in [1.82, 2.24) is 5.32 Å². The summed E-state index contributed by atoms with van der Waals surface area (Å²) in [5.41, 5.74) is 0.856. The van der Waals surface area contributed by atoms with Crippen molar-refractivity contribution >= 4 is 40.7 Å². The Hall–Kier alpha value is -1.26. The molecule has 0 heterocycles. The largest absolute Gasteiger partial charge is 0.387 e. The zero-order valence-corrected chi connectivity index (χ0v) is 13.1. The molecule has 110 valence electrons. The Morgan fingerprint density at radius 2 is 1.81 bits per heavy atom. The summed E-state index contributed by atoms with van der Waals surface area (Å²) in [7, 11) is 0. The SMILES string of the molecule is O=C(NCC(O)c1ccc(Cl)cc1Cl)c1ccccc1Cl. The molecule has 0 spiro atoms. The highest BCUT2D eigenvalue weighted by Gasteiger charge is 2.15. The molecule has 0 aromatic heterocycles. The maximum absolute atomic E-state index is 12.0. The topological polar surface area (TPSA) is 49.3 Å². The van der Waals surface area contributed by atoms with E-state index in [9.17, 15) is 9.90 Å². The molecule has 6 heteroatoms. The third-order valence-electron chi connectivity index (χ3n) is 2.90. The summed E-state index contributed by atoms with van der Waals surface area (Å²) in [5, 5.41) is 13.9. The first kappa shape index (κ1) is 16.1. The second-order valence-corrected chi connectivity index (χ2v) is 5.62. The molecule has 3 nitrogen and oxygen atoms in total. The fourth-order valence-corrected chi connectivity index (χ4v) is 2.57. The van der Waals surface area contributed by atoms with Crippen LogP contribution in [0.15, 0.2) is 42.5 Å². The molecule has 0 saturated heterocycles. The van der Waals surface area contributed by atoms with Crippen LogP contribution in [0.2, 0.25) is 15.1 Å². The standard InChI is InChI=1S/C15H12Cl3NO2/c16-9-5-6-10(13(18)7-9)14(20)8-19-15(21)11-3-1-2-4-12(11)17/h1-7,14,20H,8H2,(H,19,21). The van der Waals surface area contributed by atoms with E-state index < -0.39 is 6.10 Å². The number of nitrogens with one attached hydrogen (secondary N) is 1. The predicted molar refractivity (Wildman–Crippen MR) is 85.2 cm³/mol. The lowest BCUT2D eigenvalue weighted by Gasteiger charge is -2.14. The van der Waals surface area contributed by atoms with Crippen LogP contribution in [0.25, 0.3) is 0 Å². The minimum Gasteiger partial charge on any atom is -0.387 e. The normalized spacial score (nSPS) is 12.0. The van der Waals surface area contributed by atoms with Gasteiger partial charge in [-0.3, -0.25) is 4.79 Å². The van der Waals surface area contributed by atoms with Crippen molar-refractivity contribution in [3.8, 4) is 0 Å². The maximum Gasteiger partial charge on any atom is 0.252 e. The molecule has 0 aliphatic heterocycles. The molecule has 1 unspecified atom stereocenters. The summed E-state index contributed by atoms with van der Waals surface area (Å²) in [4.78, 5) is 12.0. The average Bonchev–Trinajstić information content (AvgIpc) is 2.45. The molecule has 0 aliphatic carbocycles. The fraction of sp³-hybridized carbons (Fsp3) is 0.133. The number of halogens is 3. The molecule has 2 aromatic rings. The van der Waals surface area contributed by atoms with Crippen LogP contribution in [0.1, 0.15) is 22.0 Å². The minimum absolute atomic E-state index is 0.0193. The van der Waals surface area contributed by atoms with Gasteiger partial charge in [0.05, 0.1) is 16.7 Å². The lowest BCUT2D eigenvalue weighted by atomic mass is 10.1. The van der Waals surface area contributed by atoms with Crippen LogP contribution in [0, 0.1) is 0 Å². The molecular formula is C15H12Cl3NO2. The van der Waals surface area contributed by atoms with E-state index in [-0.39, 0.29) is 12.5 Å². The highest BCUT2D eigenvalue weighted by Crippen LogP contribution is 2.26. The quantitative estimate of drug-likeness (QED) is 0.877. The number of hydrogen-bond donors (Lipinski definition) is 2. The first-order valence-electron chi connectivity index (χ1n) is 6.15. The zero-order valence-electron chi connectivity index (χ0n) is 10.8. The van der Waals surface area contributed by atoms with Crippen molar-refractivity contribution in [2.45, 2.75) is 6.10 Å². The number of carbonyl (C=O) groups is 1. The number of amides is 1. The van der Waals surface area contributed by atoms with Gasteiger partial charge in [0.2, 0.25) is 0 Å². The number of hydrogen-bond acceptors (Lipinski definition) is 2. The number of aliphatic hydroxyl groups excluding tert-OH is 1. The monoisotopic (exact) mass is 343 g/mol. The van der Waals surface area contributed by atoms with Crippen molar-refractivity contribution in [3.05, 3.63) is 68.7 Å². The van der Waals surface area contributed by atoms with Crippen LogP contribution in [0.3, 0.4) is 0 Å². The number of carbonyl (C=O) groups excluding carboxylic acids is 1. The summed E-state index contributed by atoms with van der Waals surface area (Å²) in [6.45, 7) is 0.0193. The van der Waals surface area contributed by atoms with Crippen LogP contribution >= 0.6 is 34.8 Å². The summed E-state index contributed by atoms with van der Waals surface area (Å²) in [6, 6.07) is 11.5. The van der Waals surface area contributed by atoms with Crippen LogP contribution in [0.5, 0.6) is 0 Å². The minimum atomic E-state index is -0.929. The van der Waals surface area contributed by atoms with Gasteiger partial charge in [0, 0.05) is 22.2 Å². The summed E-state index contributed by atoms with van der Waals surface area (Å²) < 4.78 is 0. The highest BCUT2D eigenvalue weighted by atomic mass is 35.5. The van der Waals surface area contributed by atoms with Gasteiger partial charge in [-0.05, 0) is 24.3 Å². The third kappa shape index (κ3) is 4.11. The lowest BCUT2D eigenvalue weighted by molar-refractivity contribution is 0.0916. The Morgan fingerprint density at radius 3 is 2.48 bits per heavy atom. The maximum atomic E-state index is 12.0. The molecule has 2 aromatic carbocycles. The number of benzene rings is 2. The molecule has 1 atom stereocenters. The van der Waals surface area contributed by atoms with E-state index in [1.54, 1.807) is 36.4 Å². The third-order valence-corrected chi connectivity index (χ3v) is 3.79. The smallest absolute Gasteiger partial charge is 0.252 e.